The van der Waals surface area contributed by atoms with E-state index < -0.39 is 16.0 Å². The lowest BCUT2D eigenvalue weighted by Crippen LogP contribution is -2.35. The summed E-state index contributed by atoms with van der Waals surface area (Å²) in [6, 6.07) is 3.64. The van der Waals surface area contributed by atoms with Gasteiger partial charge in [-0.15, -0.1) is 0 Å². The summed E-state index contributed by atoms with van der Waals surface area (Å²) in [4.78, 5) is 10.8. The third-order valence-electron chi connectivity index (χ3n) is 3.11. The standard InChI is InChI=1S/C12H14ClNO4S/c13-11-5-4-9(8-10(11)12(15)16)19(17,18)14-6-2-1-3-7-14/h4-5,8H,1-3,6-7H2,(H,15,16)/p-1. The van der Waals surface area contributed by atoms with E-state index in [4.69, 9.17) is 11.6 Å². The molecule has 0 amide bonds. The fraction of sp³-hybridized carbons (Fsp3) is 0.417. The van der Waals surface area contributed by atoms with Gasteiger partial charge in [0.2, 0.25) is 10.0 Å². The van der Waals surface area contributed by atoms with Gasteiger partial charge in [0.05, 0.1) is 10.9 Å². The predicted molar refractivity (Wildman–Crippen MR) is 68.4 cm³/mol. The lowest BCUT2D eigenvalue weighted by Gasteiger charge is -2.26. The van der Waals surface area contributed by atoms with Crippen LogP contribution in [0.5, 0.6) is 0 Å². The van der Waals surface area contributed by atoms with Crippen molar-refractivity contribution in [1.82, 2.24) is 4.31 Å². The maximum Gasteiger partial charge on any atom is 0.243 e. The quantitative estimate of drug-likeness (QED) is 0.830. The van der Waals surface area contributed by atoms with Crippen LogP contribution in [0.2, 0.25) is 5.02 Å². The molecule has 0 N–H and O–H groups in total. The topological polar surface area (TPSA) is 77.5 Å². The maximum atomic E-state index is 12.3. The van der Waals surface area contributed by atoms with Crippen molar-refractivity contribution in [2.24, 2.45) is 0 Å². The number of carbonyl (C=O) groups excluding carboxylic acids is 1. The van der Waals surface area contributed by atoms with E-state index in [1.807, 2.05) is 0 Å². The van der Waals surface area contributed by atoms with Gasteiger partial charge in [-0.1, -0.05) is 18.0 Å². The van der Waals surface area contributed by atoms with Crippen molar-refractivity contribution in [1.29, 1.82) is 0 Å². The number of halogens is 1. The van der Waals surface area contributed by atoms with Gasteiger partial charge in [0.25, 0.3) is 0 Å². The Morgan fingerprint density at radius 2 is 1.84 bits per heavy atom. The largest absolute Gasteiger partial charge is 0.545 e. The molecule has 5 nitrogen and oxygen atoms in total. The molecule has 1 saturated heterocycles. The highest BCUT2D eigenvalue weighted by Gasteiger charge is 2.26. The monoisotopic (exact) mass is 302 g/mol. The Morgan fingerprint density at radius 3 is 2.42 bits per heavy atom. The Bertz CT molecular complexity index is 594. The van der Waals surface area contributed by atoms with Gasteiger partial charge in [-0.05, 0) is 31.0 Å². The van der Waals surface area contributed by atoms with E-state index in [-0.39, 0.29) is 15.5 Å². The number of aromatic carboxylic acids is 1. The lowest BCUT2D eigenvalue weighted by atomic mass is 10.2. The Morgan fingerprint density at radius 1 is 1.21 bits per heavy atom. The second-order valence-electron chi connectivity index (χ2n) is 4.39. The summed E-state index contributed by atoms with van der Waals surface area (Å²) in [5.74, 6) is -1.49. The SMILES string of the molecule is O=C([O-])c1cc(S(=O)(=O)N2CCCCC2)ccc1Cl. The molecule has 0 saturated carbocycles. The van der Waals surface area contributed by atoms with Gasteiger partial charge in [-0.25, -0.2) is 8.42 Å². The third kappa shape index (κ3) is 2.91. The van der Waals surface area contributed by atoms with Crippen LogP contribution in [0.25, 0.3) is 0 Å². The highest BCUT2D eigenvalue weighted by Crippen LogP contribution is 2.24. The first-order valence-electron chi connectivity index (χ1n) is 5.94. The summed E-state index contributed by atoms with van der Waals surface area (Å²) in [6.07, 6.45) is 2.65. The minimum absolute atomic E-state index is 0.0300. The van der Waals surface area contributed by atoms with E-state index in [9.17, 15) is 18.3 Å². The van der Waals surface area contributed by atoms with Crippen LogP contribution in [0.3, 0.4) is 0 Å². The fourth-order valence-corrected chi connectivity index (χ4v) is 3.81. The highest BCUT2D eigenvalue weighted by atomic mass is 35.5. The fourth-order valence-electron chi connectivity index (χ4n) is 2.08. The molecule has 1 fully saturated rings. The van der Waals surface area contributed by atoms with Gasteiger partial charge in [0.15, 0.2) is 0 Å². The molecule has 0 radical (unpaired) electrons. The van der Waals surface area contributed by atoms with Crippen LogP contribution in [-0.2, 0) is 10.0 Å². The Kier molecular flexibility index (Phi) is 4.13. The zero-order valence-electron chi connectivity index (χ0n) is 10.1. The zero-order valence-corrected chi connectivity index (χ0v) is 11.7. The number of carbonyl (C=O) groups is 1. The second kappa shape index (κ2) is 5.48. The summed E-state index contributed by atoms with van der Waals surface area (Å²) < 4.78 is 26.1. The van der Waals surface area contributed by atoms with Gasteiger partial charge in [-0.2, -0.15) is 4.31 Å². The van der Waals surface area contributed by atoms with Crippen molar-refractivity contribution in [2.75, 3.05) is 13.1 Å². The highest BCUT2D eigenvalue weighted by molar-refractivity contribution is 7.89. The molecule has 1 aromatic carbocycles. The normalized spacial score (nSPS) is 17.3. The molecule has 1 aromatic rings. The number of rotatable bonds is 3. The average Bonchev–Trinajstić information content (AvgIpc) is 2.39. The maximum absolute atomic E-state index is 12.3. The van der Waals surface area contributed by atoms with Crippen molar-refractivity contribution in [3.63, 3.8) is 0 Å². The van der Waals surface area contributed by atoms with E-state index >= 15 is 0 Å². The molecule has 1 heterocycles. The van der Waals surface area contributed by atoms with Crippen LogP contribution in [0.15, 0.2) is 23.1 Å². The molecule has 0 unspecified atom stereocenters. The third-order valence-corrected chi connectivity index (χ3v) is 5.33. The molecule has 19 heavy (non-hydrogen) atoms. The zero-order chi connectivity index (χ0) is 14.0. The van der Waals surface area contributed by atoms with Crippen LogP contribution >= 0.6 is 11.6 Å². The number of benzene rings is 1. The number of hydrogen-bond acceptors (Lipinski definition) is 4. The van der Waals surface area contributed by atoms with Gasteiger partial charge in [-0.3, -0.25) is 0 Å². The van der Waals surface area contributed by atoms with Gasteiger partial charge in [0, 0.05) is 23.7 Å². The molecule has 2 rings (SSSR count). The minimum atomic E-state index is -3.65. The Hall–Kier alpha value is -1.11. The van der Waals surface area contributed by atoms with Gasteiger partial charge >= 0.3 is 0 Å². The smallest absolute Gasteiger partial charge is 0.243 e. The molecule has 0 atom stereocenters. The summed E-state index contributed by atoms with van der Waals surface area (Å²) in [7, 11) is -3.65. The number of nitrogens with zero attached hydrogens (tertiary/aromatic N) is 1. The van der Waals surface area contributed by atoms with Crippen LogP contribution < -0.4 is 5.11 Å². The number of hydrogen-bond donors (Lipinski definition) is 0. The molecule has 7 heteroatoms. The van der Waals surface area contributed by atoms with Crippen molar-refractivity contribution in [3.05, 3.63) is 28.8 Å². The van der Waals surface area contributed by atoms with Crippen LogP contribution in [0.1, 0.15) is 29.6 Å². The van der Waals surface area contributed by atoms with E-state index in [0.717, 1.165) is 25.3 Å². The Labute approximate surface area is 116 Å². The van der Waals surface area contributed by atoms with Crippen molar-refractivity contribution in [2.45, 2.75) is 24.2 Å². The molecule has 0 aromatic heterocycles. The van der Waals surface area contributed by atoms with Crippen LogP contribution in [0, 0.1) is 0 Å². The molecular weight excluding hydrogens is 290 g/mol. The first-order chi connectivity index (χ1) is 8.93. The summed E-state index contributed by atoms with van der Waals surface area (Å²) >= 11 is 5.70. The molecule has 0 bridgehead atoms. The van der Waals surface area contributed by atoms with Gasteiger partial charge in [0.1, 0.15) is 0 Å². The van der Waals surface area contributed by atoms with E-state index in [1.165, 1.54) is 16.4 Å². The summed E-state index contributed by atoms with van der Waals surface area (Å²) in [5, 5.41) is 10.8. The van der Waals surface area contributed by atoms with Crippen LogP contribution in [-0.4, -0.2) is 31.8 Å². The first kappa shape index (κ1) is 14.3. The molecule has 1 aliphatic heterocycles. The van der Waals surface area contributed by atoms with E-state index in [2.05, 4.69) is 0 Å². The molecule has 0 spiro atoms. The van der Waals surface area contributed by atoms with Crippen molar-refractivity contribution < 1.29 is 18.3 Å². The second-order valence-corrected chi connectivity index (χ2v) is 6.74. The van der Waals surface area contributed by atoms with Crippen molar-refractivity contribution in [3.8, 4) is 0 Å². The van der Waals surface area contributed by atoms with E-state index in [1.54, 1.807) is 0 Å². The van der Waals surface area contributed by atoms with Crippen LogP contribution in [0.4, 0.5) is 0 Å². The predicted octanol–water partition coefficient (Wildman–Crippen LogP) is 0.878. The number of piperidine rings is 1. The molecule has 1 aliphatic rings. The van der Waals surface area contributed by atoms with Gasteiger partial charge < -0.3 is 9.90 Å². The lowest BCUT2D eigenvalue weighted by molar-refractivity contribution is -0.255. The first-order valence-corrected chi connectivity index (χ1v) is 7.76. The molecular formula is C12H13ClNO4S-. The number of sulfonamides is 1. The average molecular weight is 303 g/mol. The summed E-state index contributed by atoms with van der Waals surface area (Å²) in [5.41, 5.74) is -0.306. The van der Waals surface area contributed by atoms with E-state index in [0.29, 0.717) is 13.1 Å². The molecule has 0 aliphatic carbocycles. The molecule has 104 valence electrons. The summed E-state index contributed by atoms with van der Waals surface area (Å²) in [6.45, 7) is 0.928. The number of carboxylic acid groups (broad SMARTS) is 1. The van der Waals surface area contributed by atoms with Crippen molar-refractivity contribution >= 4 is 27.6 Å². The minimum Gasteiger partial charge on any atom is -0.545 e. The number of carboxylic acids is 1. The Balaban J connectivity index is 2.40.